The Balaban J connectivity index is 0.000000135. The zero-order valence-corrected chi connectivity index (χ0v) is 87.5. The monoisotopic (exact) mass is 2130 g/mol. The molecule has 0 radical (unpaired) electrons. The molecule has 0 saturated carbocycles. The van der Waals surface area contributed by atoms with Crippen molar-refractivity contribution >= 4 is 76.0 Å². The second kappa shape index (κ2) is 41.6. The first kappa shape index (κ1) is 111. The van der Waals surface area contributed by atoms with Crippen LogP contribution in [0.15, 0.2) is 115 Å². The maximum atomic E-state index is 15.8. The molecule has 3 aromatic heterocycles. The number of urea groups is 2. The number of aromatic nitrogens is 6. The molecule has 16 aliphatic heterocycles. The molecule has 16 aliphatic rings. The van der Waals surface area contributed by atoms with E-state index in [0.717, 1.165) is 29.2 Å². The predicted molar refractivity (Wildman–Crippen MR) is 498 cm³/mol. The van der Waals surface area contributed by atoms with Crippen LogP contribution in [0.3, 0.4) is 0 Å². The zero-order chi connectivity index (χ0) is 104. The van der Waals surface area contributed by atoms with Gasteiger partial charge in [-0.15, -0.1) is 0 Å². The van der Waals surface area contributed by atoms with E-state index in [1.165, 1.54) is 64.2 Å². The molecule has 0 spiro atoms. The molecule has 0 bridgehead atoms. The van der Waals surface area contributed by atoms with Crippen LogP contribution in [0.25, 0.3) is 0 Å². The molecule has 19 heterocycles. The van der Waals surface area contributed by atoms with Gasteiger partial charge in [-0.3, -0.25) is 83.0 Å². The van der Waals surface area contributed by atoms with E-state index in [-0.39, 0.29) is 66.7 Å². The quantitative estimate of drug-likeness (QED) is 0.106. The summed E-state index contributed by atoms with van der Waals surface area (Å²) in [6.07, 6.45) is -10.3. The molecule has 4 amide bonds. The van der Waals surface area contributed by atoms with Gasteiger partial charge in [0.25, 0.3) is 0 Å². The number of carbonyl (C=O) groups excluding carboxylic acids is 2. The van der Waals surface area contributed by atoms with Gasteiger partial charge >= 0.3 is 80.6 Å². The fourth-order valence-corrected chi connectivity index (χ4v) is 27.8. The van der Waals surface area contributed by atoms with Crippen LogP contribution in [0, 0.1) is 20.8 Å². The zero-order valence-electron chi connectivity index (χ0n) is 82.2. The second-order valence-electron chi connectivity index (χ2n) is 38.8. The Morgan fingerprint density at radius 3 is 1.30 bits per heavy atom. The number of hydrogen-bond acceptors (Lipinski definition) is 37. The van der Waals surface area contributed by atoms with Crippen molar-refractivity contribution in [1.82, 2.24) is 54.0 Å². The number of aryl methyl sites for hydroxylation is 3. The normalized spacial score (nSPS) is 42.3. The van der Waals surface area contributed by atoms with Crippen LogP contribution in [0.4, 0.5) is 35.9 Å². The maximum Gasteiger partial charge on any atom is 0.350 e. The number of amides is 4. The molecule has 44 nitrogen and oxygen atoms in total. The van der Waals surface area contributed by atoms with Crippen LogP contribution in [0.1, 0.15) is 174 Å². The number of halogens is 6. The van der Waals surface area contributed by atoms with E-state index in [1.54, 1.807) is 160 Å². The molecule has 34 atom stereocenters. The molecule has 790 valence electrons. The summed E-state index contributed by atoms with van der Waals surface area (Å²) >= 11 is 0. The topological polar surface area (TPSA) is 498 Å². The number of fused-ring (bicyclic) bond motifs is 7. The Bertz CT molecular complexity index is 5940. The number of alkyl halides is 6. The average molecular weight is 2130 g/mol. The van der Waals surface area contributed by atoms with E-state index in [9.17, 15) is 69.6 Å². The predicted octanol–water partition coefficient (Wildman–Crippen LogP) is 13.3. The van der Waals surface area contributed by atoms with E-state index in [4.69, 9.17) is 82.7 Å². The number of ether oxygens (including phenoxy) is 6. The smallest absolute Gasteiger partial charge is 0.350 e. The number of carbonyl (C=O) groups is 2. The molecule has 0 aliphatic carbocycles. The fourth-order valence-electron chi connectivity index (χ4n) is 17.9. The summed E-state index contributed by atoms with van der Waals surface area (Å²) in [5.74, 6) is -3.56. The van der Waals surface area contributed by atoms with Crippen molar-refractivity contribution in [3.63, 3.8) is 0 Å². The summed E-state index contributed by atoms with van der Waals surface area (Å²) in [7, 11) is -20.6. The molecule has 3 aromatic rings. The molecule has 3 N–H and O–H groups in total. The Morgan fingerprint density at radius 1 is 0.465 bits per heavy atom. The van der Waals surface area contributed by atoms with Gasteiger partial charge < -0.3 is 76.2 Å². The van der Waals surface area contributed by atoms with Gasteiger partial charge in [0.15, 0.2) is 66.6 Å². The number of hydrogen-bond donors (Lipinski definition) is 3. The largest absolute Gasteiger partial charge is 0.386 e. The van der Waals surface area contributed by atoms with Crippen molar-refractivity contribution in [2.75, 3.05) is 19.8 Å². The Kier molecular flexibility index (Phi) is 32.5. The van der Waals surface area contributed by atoms with E-state index < -0.39 is 244 Å². The Hall–Kier alpha value is -6.85. The van der Waals surface area contributed by atoms with Gasteiger partial charge in [0.1, 0.15) is 85.6 Å². The van der Waals surface area contributed by atoms with Crippen molar-refractivity contribution in [3.8, 4) is 0 Å². The van der Waals surface area contributed by atoms with Crippen molar-refractivity contribution < 1.29 is 151 Å². The minimum Gasteiger partial charge on any atom is -0.386 e. The molecular weight excluding hydrogens is 2010 g/mol. The average Bonchev–Trinajstić information content (AvgIpc) is 1.58. The lowest BCUT2D eigenvalue weighted by molar-refractivity contribution is -0.136. The highest BCUT2D eigenvalue weighted by Crippen LogP contribution is 2.68. The summed E-state index contributed by atoms with van der Waals surface area (Å²) in [5, 5.41) is 15.8. The molecule has 0 aromatic carbocycles. The summed E-state index contributed by atoms with van der Waals surface area (Å²) < 4.78 is 269. The van der Waals surface area contributed by atoms with Crippen molar-refractivity contribution in [1.29, 1.82) is 0 Å². The number of rotatable bonds is 13. The molecule has 12 saturated heterocycles. The van der Waals surface area contributed by atoms with Crippen molar-refractivity contribution in [2.24, 2.45) is 15.0 Å². The molecule has 12 fully saturated rings. The third-order valence-corrected chi connectivity index (χ3v) is 40.5. The van der Waals surface area contributed by atoms with Gasteiger partial charge in [-0.05, 0) is 99.1 Å². The minimum atomic E-state index is -3.69. The van der Waals surface area contributed by atoms with Gasteiger partial charge in [0.2, 0.25) is 6.23 Å². The lowest BCUT2D eigenvalue weighted by Crippen LogP contribution is -2.55. The highest BCUT2D eigenvalue weighted by molar-refractivity contribution is 7.56. The third kappa shape index (κ3) is 21.2. The maximum absolute atomic E-state index is 15.8. The summed E-state index contributed by atoms with van der Waals surface area (Å²) in [6.45, 7) is 43.4. The van der Waals surface area contributed by atoms with Crippen LogP contribution in [0.5, 0.6) is 0 Å². The molecule has 19 rings (SSSR count). The molecule has 56 heteroatoms. The first-order valence-electron chi connectivity index (χ1n) is 46.5. The SMILES string of the molecule is C=C1C=CN([C@@H]2O[C@@H]3COP(=O)(C(C)C)O[C@H]3[C@@]2(C)F)C(=O)N1.C=C1C=CN([C@@H]2O[C@@H]3COP(=O)(C(C)C)O[C@H]3[C@]2(F)CC)C(=O)N1.CC1=NC=NC2C1N=CN2[C@@H]1O[C@@H]2C(C)OP(=O)(C(C)C)O[C@H]2[C@H]1O.Cc1ccn([C@@H]2O[C@@H]3C(C)OP(=O)(C(C)C)O[C@H]3C2(F)F)c(=O)n1.Cc1ccn([C@@H]2O[C@@H]3C(C)OP(=O)(C(C)C)O[C@H]3[C@H]2F)c(=O)n1.Cc1ccn([C@@H]2O[C@@H]3COP(=O)(C(C)C)O[C@H]3[C@@]2(C)F)c(=O)n1. The number of aliphatic imine (C=N–C) groups is 3. The van der Waals surface area contributed by atoms with E-state index in [2.05, 4.69) is 53.7 Å². The van der Waals surface area contributed by atoms with E-state index in [0.29, 0.717) is 28.5 Å². The first-order chi connectivity index (χ1) is 66.1. The number of nitrogens with zero attached hydrogens (tertiary/aromatic N) is 12. The molecule has 142 heavy (non-hydrogen) atoms. The Morgan fingerprint density at radius 2 is 0.845 bits per heavy atom. The number of allylic oxidation sites excluding steroid dienone is 2. The lowest BCUT2D eigenvalue weighted by Gasteiger charge is -2.38. The number of aliphatic hydroxyl groups excluding tert-OH is 1. The highest BCUT2D eigenvalue weighted by Gasteiger charge is 2.70. The van der Waals surface area contributed by atoms with E-state index in [1.807, 2.05) is 6.92 Å². The van der Waals surface area contributed by atoms with Gasteiger partial charge in [-0.1, -0.05) is 103 Å². The lowest BCUT2D eigenvalue weighted by atomic mass is 9.92. The van der Waals surface area contributed by atoms with Gasteiger partial charge in [0, 0.05) is 65.2 Å². The first-order valence-corrected chi connectivity index (χ1v) is 56.1. The summed E-state index contributed by atoms with van der Waals surface area (Å²) in [5.41, 5.74) is -7.39. The van der Waals surface area contributed by atoms with Crippen LogP contribution in [-0.4, -0.2) is 290 Å². The van der Waals surface area contributed by atoms with Crippen molar-refractivity contribution in [2.45, 2.75) is 369 Å². The minimum absolute atomic E-state index is 0.0336. The van der Waals surface area contributed by atoms with Crippen molar-refractivity contribution in [3.05, 3.63) is 134 Å². The summed E-state index contributed by atoms with van der Waals surface area (Å²) in [6, 6.07) is 3.37. The number of aliphatic hydroxyl groups is 1. The third-order valence-electron chi connectivity index (χ3n) is 26.4. The van der Waals surface area contributed by atoms with Gasteiger partial charge in [-0.2, -0.15) is 23.7 Å². The van der Waals surface area contributed by atoms with Gasteiger partial charge in [-0.25, -0.2) is 51.5 Å². The van der Waals surface area contributed by atoms with E-state index >= 15 is 13.2 Å². The molecule has 11 unspecified atom stereocenters. The summed E-state index contributed by atoms with van der Waals surface area (Å²) in [4.78, 5) is 88.4. The van der Waals surface area contributed by atoms with Crippen LogP contribution in [0.2, 0.25) is 0 Å². The standard InChI is InChI=1S/C15H22FN2O5P.C15H23N4O5P.C14H19F2N2O5P.3C14H20FN2O5P/c1-5-15(16)12-11(8-21-24(20,23-12)9(2)3)22-13(15)18-7-6-10(4)17-14(18)19;1-7(2)25(21)23-9(4)12-13(24-25)11(20)15(22-12)19-6-18-10-8(3)16-5-17-14(10)19;1-7(2)24(20)22-9(4)10-11(23-24)14(15,16)12(21-10)18-6-5-8(3)17-13(18)19;2*1-8(2)23(19)20-7-10-11(22-23)14(4,15)12(21-10)17-6-5-9(3)16-13(17)18;1-7(2)23(19)21-9(4)11-12(22-23)10(15)13(20-11)17-6-5-8(3)16-14(17)18/h6-7,9,11-13H,4-5,8H2,1-3H3,(H,17,19);5-7,9-15,20H,1-4H3;5-7,9-12H,1-4H3;5-6,8,10-12H,7H2,1-4H3;5-6,8,10-12H,3,7H2,1-2,4H3,(H,16,18);5-7,9-13H,1-4H3/t11-,12-,13-,15-,24?;9?,10?,11-,12-,13+,14?,15-,25?;9?,10-,11-,12-,24?;2*10-,11-,12-,14-,23?;9?,10-,11-,12+,13-,23?/m111111/s1. The Labute approximate surface area is 815 Å². The van der Waals surface area contributed by atoms with Crippen LogP contribution < -0.4 is 27.7 Å². The second-order valence-corrected chi connectivity index (χ2v) is 54.2. The van der Waals surface area contributed by atoms with Crippen LogP contribution >= 0.6 is 45.6 Å². The molecular formula is C86H124F6N14O30P6. The van der Waals surface area contributed by atoms with Crippen LogP contribution in [-0.2, 0) is 110 Å². The fraction of sp³-hybridized carbons (Fsp3) is 0.709. The highest BCUT2D eigenvalue weighted by atomic mass is 31.2. The van der Waals surface area contributed by atoms with Gasteiger partial charge in [0.05, 0.1) is 78.4 Å². The number of nitrogens with one attached hydrogen (secondary N) is 2.